The molecule has 0 saturated heterocycles. The van der Waals surface area contributed by atoms with E-state index in [1.165, 1.54) is 25.7 Å². The Bertz CT molecular complexity index is 439. The first-order chi connectivity index (χ1) is 10.3. The molecule has 0 heterocycles. The number of ether oxygens (including phenoxy) is 1. The number of allylic oxidation sites excluding steroid dienone is 1. The Balaban J connectivity index is 1.68. The van der Waals surface area contributed by atoms with Crippen molar-refractivity contribution in [2.24, 2.45) is 0 Å². The van der Waals surface area contributed by atoms with Crippen molar-refractivity contribution in [3.63, 3.8) is 0 Å². The highest BCUT2D eigenvalue weighted by atomic mass is 16.5. The van der Waals surface area contributed by atoms with Crippen molar-refractivity contribution in [1.29, 1.82) is 0 Å². The Hall–Kier alpha value is -1.32. The molecule has 0 bridgehead atoms. The van der Waals surface area contributed by atoms with Crippen molar-refractivity contribution in [3.8, 4) is 5.75 Å². The largest absolute Gasteiger partial charge is 0.494 e. The quantitative estimate of drug-likeness (QED) is 0.567. The molecule has 0 aromatic heterocycles. The first-order valence-electron chi connectivity index (χ1n) is 8.09. The molecule has 0 amide bonds. The van der Waals surface area contributed by atoms with Crippen molar-refractivity contribution >= 4 is 0 Å². The van der Waals surface area contributed by atoms with Crippen molar-refractivity contribution in [2.75, 3.05) is 19.7 Å². The predicted octanol–water partition coefficient (Wildman–Crippen LogP) is 3.60. The lowest BCUT2D eigenvalue weighted by molar-refractivity contribution is 0.175. The summed E-state index contributed by atoms with van der Waals surface area (Å²) in [5, 5.41) is 13.5. The third-order valence-electron chi connectivity index (χ3n) is 3.92. The second kappa shape index (κ2) is 8.85. The van der Waals surface area contributed by atoms with E-state index in [9.17, 15) is 5.11 Å². The van der Waals surface area contributed by atoms with E-state index in [1.54, 1.807) is 5.57 Å². The van der Waals surface area contributed by atoms with Gasteiger partial charge in [0, 0.05) is 6.54 Å². The molecule has 3 nitrogen and oxygen atoms in total. The lowest BCUT2D eigenvalue weighted by Gasteiger charge is -2.15. The summed E-state index contributed by atoms with van der Waals surface area (Å²) in [6.07, 6.45) is 8.20. The highest BCUT2D eigenvalue weighted by molar-refractivity contribution is 5.28. The third-order valence-corrected chi connectivity index (χ3v) is 3.92. The zero-order valence-electron chi connectivity index (χ0n) is 13.0. The van der Waals surface area contributed by atoms with Gasteiger partial charge in [-0.05, 0) is 63.3 Å². The minimum atomic E-state index is -0.457. The van der Waals surface area contributed by atoms with E-state index < -0.39 is 6.10 Å². The minimum absolute atomic E-state index is 0.457. The zero-order chi connectivity index (χ0) is 14.9. The van der Waals surface area contributed by atoms with Crippen LogP contribution in [0.15, 0.2) is 35.9 Å². The van der Waals surface area contributed by atoms with Gasteiger partial charge in [-0.3, -0.25) is 0 Å². The van der Waals surface area contributed by atoms with Gasteiger partial charge in [-0.25, -0.2) is 0 Å². The number of rotatable bonds is 8. The van der Waals surface area contributed by atoms with Crippen LogP contribution >= 0.6 is 0 Å². The number of nitrogens with one attached hydrogen (secondary N) is 1. The van der Waals surface area contributed by atoms with Crippen LogP contribution < -0.4 is 10.1 Å². The SMILES string of the molecule is CCOc1ccc(C(O)CNCCC2=CCCCC2)cc1. The molecule has 0 spiro atoms. The Labute approximate surface area is 128 Å². The van der Waals surface area contributed by atoms with Crippen LogP contribution in [0.5, 0.6) is 5.75 Å². The van der Waals surface area contributed by atoms with Gasteiger partial charge in [0.05, 0.1) is 12.7 Å². The molecule has 2 rings (SSSR count). The summed E-state index contributed by atoms with van der Waals surface area (Å²) in [5.41, 5.74) is 2.51. The van der Waals surface area contributed by atoms with E-state index in [-0.39, 0.29) is 0 Å². The molecule has 1 aromatic rings. The summed E-state index contributed by atoms with van der Waals surface area (Å²) in [6.45, 7) is 4.18. The predicted molar refractivity (Wildman–Crippen MR) is 86.6 cm³/mol. The lowest BCUT2D eigenvalue weighted by Crippen LogP contribution is -2.23. The van der Waals surface area contributed by atoms with Crippen LogP contribution in [0, 0.1) is 0 Å². The maximum atomic E-state index is 10.2. The van der Waals surface area contributed by atoms with Crippen LogP contribution in [0.3, 0.4) is 0 Å². The first-order valence-corrected chi connectivity index (χ1v) is 8.09. The van der Waals surface area contributed by atoms with Gasteiger partial charge in [0.2, 0.25) is 0 Å². The zero-order valence-corrected chi connectivity index (χ0v) is 13.0. The molecule has 0 aliphatic heterocycles. The molecule has 1 aromatic carbocycles. The van der Waals surface area contributed by atoms with Crippen LogP contribution in [-0.2, 0) is 0 Å². The van der Waals surface area contributed by atoms with Crippen LogP contribution in [0.4, 0.5) is 0 Å². The van der Waals surface area contributed by atoms with E-state index in [0.29, 0.717) is 13.2 Å². The summed E-state index contributed by atoms with van der Waals surface area (Å²) in [6, 6.07) is 7.69. The topological polar surface area (TPSA) is 41.5 Å². The normalized spacial score (nSPS) is 16.4. The number of hydrogen-bond acceptors (Lipinski definition) is 3. The molecule has 1 aliphatic carbocycles. The average Bonchev–Trinajstić information content (AvgIpc) is 2.53. The van der Waals surface area contributed by atoms with Gasteiger partial charge in [0.1, 0.15) is 5.75 Å². The van der Waals surface area contributed by atoms with Crippen molar-refractivity contribution in [2.45, 2.75) is 45.1 Å². The van der Waals surface area contributed by atoms with E-state index in [1.807, 2.05) is 31.2 Å². The molecular weight excluding hydrogens is 262 g/mol. The highest BCUT2D eigenvalue weighted by Gasteiger charge is 2.08. The van der Waals surface area contributed by atoms with Crippen LogP contribution in [-0.4, -0.2) is 24.8 Å². The molecular formula is C18H27NO2. The maximum absolute atomic E-state index is 10.2. The molecule has 0 fully saturated rings. The lowest BCUT2D eigenvalue weighted by atomic mass is 9.97. The summed E-state index contributed by atoms with van der Waals surface area (Å²) in [4.78, 5) is 0. The monoisotopic (exact) mass is 289 g/mol. The molecule has 21 heavy (non-hydrogen) atoms. The number of hydrogen-bond donors (Lipinski definition) is 2. The Morgan fingerprint density at radius 1 is 1.24 bits per heavy atom. The van der Waals surface area contributed by atoms with Crippen molar-refractivity contribution in [3.05, 3.63) is 41.5 Å². The van der Waals surface area contributed by atoms with Gasteiger partial charge < -0.3 is 15.2 Å². The fourth-order valence-electron chi connectivity index (χ4n) is 2.69. The fourth-order valence-corrected chi connectivity index (χ4v) is 2.69. The van der Waals surface area contributed by atoms with Gasteiger partial charge in [-0.1, -0.05) is 23.8 Å². The minimum Gasteiger partial charge on any atom is -0.494 e. The van der Waals surface area contributed by atoms with Crippen LogP contribution in [0.1, 0.15) is 50.7 Å². The smallest absolute Gasteiger partial charge is 0.119 e. The van der Waals surface area contributed by atoms with E-state index >= 15 is 0 Å². The molecule has 3 heteroatoms. The van der Waals surface area contributed by atoms with Crippen molar-refractivity contribution < 1.29 is 9.84 Å². The van der Waals surface area contributed by atoms with Gasteiger partial charge in [0.15, 0.2) is 0 Å². The summed E-state index contributed by atoms with van der Waals surface area (Å²) < 4.78 is 5.40. The third kappa shape index (κ3) is 5.52. The second-order valence-corrected chi connectivity index (χ2v) is 5.58. The van der Waals surface area contributed by atoms with E-state index in [4.69, 9.17) is 4.74 Å². The van der Waals surface area contributed by atoms with E-state index in [2.05, 4.69) is 11.4 Å². The Kier molecular flexibility index (Phi) is 6.77. The molecule has 1 unspecified atom stereocenters. The number of aliphatic hydroxyl groups is 1. The maximum Gasteiger partial charge on any atom is 0.119 e. The molecule has 1 aliphatic rings. The Morgan fingerprint density at radius 2 is 2.05 bits per heavy atom. The van der Waals surface area contributed by atoms with Gasteiger partial charge in [0.25, 0.3) is 0 Å². The van der Waals surface area contributed by atoms with Gasteiger partial charge in [-0.2, -0.15) is 0 Å². The van der Waals surface area contributed by atoms with Crippen LogP contribution in [0.25, 0.3) is 0 Å². The van der Waals surface area contributed by atoms with Crippen LogP contribution in [0.2, 0.25) is 0 Å². The molecule has 2 N–H and O–H groups in total. The second-order valence-electron chi connectivity index (χ2n) is 5.58. The fraction of sp³-hybridized carbons (Fsp3) is 0.556. The first kappa shape index (κ1) is 16.1. The number of aliphatic hydroxyl groups excluding tert-OH is 1. The van der Waals surface area contributed by atoms with Crippen molar-refractivity contribution in [1.82, 2.24) is 5.32 Å². The molecule has 0 radical (unpaired) electrons. The summed E-state index contributed by atoms with van der Waals surface area (Å²) >= 11 is 0. The molecule has 1 atom stereocenters. The highest BCUT2D eigenvalue weighted by Crippen LogP contribution is 2.20. The van der Waals surface area contributed by atoms with Gasteiger partial charge >= 0.3 is 0 Å². The molecule has 116 valence electrons. The Morgan fingerprint density at radius 3 is 2.71 bits per heavy atom. The molecule has 0 saturated carbocycles. The van der Waals surface area contributed by atoms with Gasteiger partial charge in [-0.15, -0.1) is 0 Å². The number of benzene rings is 1. The summed E-state index contributed by atoms with van der Waals surface area (Å²) in [7, 11) is 0. The summed E-state index contributed by atoms with van der Waals surface area (Å²) in [5.74, 6) is 0.852. The average molecular weight is 289 g/mol. The van der Waals surface area contributed by atoms with E-state index in [0.717, 1.165) is 24.3 Å². The standard InChI is InChI=1S/C18H27NO2/c1-2-21-17-10-8-16(9-11-17)18(20)14-19-13-12-15-6-4-3-5-7-15/h6,8-11,18-20H,2-5,7,12-14H2,1H3.